The third kappa shape index (κ3) is 4.38. The van der Waals surface area contributed by atoms with Gasteiger partial charge in [-0.25, -0.2) is 4.98 Å². The minimum absolute atomic E-state index is 0.0145. The van der Waals surface area contributed by atoms with Gasteiger partial charge in [-0.3, -0.25) is 9.59 Å². The summed E-state index contributed by atoms with van der Waals surface area (Å²) < 4.78 is 0. The van der Waals surface area contributed by atoms with E-state index in [1.807, 2.05) is 32.0 Å². The van der Waals surface area contributed by atoms with Crippen molar-refractivity contribution in [3.05, 3.63) is 62.5 Å². The van der Waals surface area contributed by atoms with E-state index in [1.54, 1.807) is 0 Å². The van der Waals surface area contributed by atoms with Gasteiger partial charge in [-0.2, -0.15) is 0 Å². The standard InChI is InChI=1S/C20H23N3O2S/c1-13-14(2)26-20-18(13)19(25)22-16(23-20)10-11-17(24)21-12-6-9-15-7-4-3-5-8-15/h3-5,7-8H,6,9-12H2,1-2H3,(H,21,24)(H,22,23,25). The summed E-state index contributed by atoms with van der Waals surface area (Å²) in [4.78, 5) is 33.4. The maximum Gasteiger partial charge on any atom is 0.259 e. The Hall–Kier alpha value is -2.47. The number of hydrogen-bond acceptors (Lipinski definition) is 4. The number of thiophene rings is 1. The molecule has 0 spiro atoms. The first kappa shape index (κ1) is 18.3. The molecule has 2 heterocycles. The van der Waals surface area contributed by atoms with Gasteiger partial charge in [-0.05, 0) is 37.8 Å². The second-order valence-corrected chi connectivity index (χ2v) is 7.62. The highest BCUT2D eigenvalue weighted by molar-refractivity contribution is 7.18. The largest absolute Gasteiger partial charge is 0.356 e. The molecule has 0 radical (unpaired) electrons. The normalized spacial score (nSPS) is 11.0. The molecule has 5 nitrogen and oxygen atoms in total. The molecule has 2 N–H and O–H groups in total. The lowest BCUT2D eigenvalue weighted by molar-refractivity contribution is -0.121. The van der Waals surface area contributed by atoms with Crippen molar-refractivity contribution in [1.29, 1.82) is 0 Å². The number of carbonyl (C=O) groups excluding carboxylic acids is 1. The number of benzene rings is 1. The van der Waals surface area contributed by atoms with Gasteiger partial charge in [0.05, 0.1) is 5.39 Å². The van der Waals surface area contributed by atoms with Crippen LogP contribution < -0.4 is 10.9 Å². The number of aromatic amines is 1. The Morgan fingerprint density at radius 1 is 1.19 bits per heavy atom. The Bertz CT molecular complexity index is 960. The van der Waals surface area contributed by atoms with Crippen LogP contribution in [0.1, 0.15) is 34.7 Å². The first-order chi connectivity index (χ1) is 12.5. The van der Waals surface area contributed by atoms with Crippen molar-refractivity contribution in [3.8, 4) is 0 Å². The molecule has 0 saturated heterocycles. The SMILES string of the molecule is Cc1sc2nc(CCC(=O)NCCCc3ccccc3)[nH]c(=O)c2c1C. The van der Waals surface area contributed by atoms with Crippen molar-refractivity contribution in [1.82, 2.24) is 15.3 Å². The van der Waals surface area contributed by atoms with Gasteiger partial charge in [0.25, 0.3) is 5.56 Å². The van der Waals surface area contributed by atoms with Gasteiger partial charge in [-0.1, -0.05) is 30.3 Å². The van der Waals surface area contributed by atoms with Crippen molar-refractivity contribution < 1.29 is 4.79 Å². The van der Waals surface area contributed by atoms with E-state index in [9.17, 15) is 9.59 Å². The molecule has 3 rings (SSSR count). The van der Waals surface area contributed by atoms with E-state index in [1.165, 1.54) is 16.9 Å². The third-order valence-corrected chi connectivity index (χ3v) is 5.59. The fourth-order valence-electron chi connectivity index (χ4n) is 2.90. The molecule has 1 amide bonds. The van der Waals surface area contributed by atoms with Crippen molar-refractivity contribution in [2.45, 2.75) is 39.5 Å². The Labute approximate surface area is 156 Å². The van der Waals surface area contributed by atoms with Crippen LogP contribution in [0.4, 0.5) is 0 Å². The minimum atomic E-state index is -0.116. The molecule has 0 unspecified atom stereocenters. The van der Waals surface area contributed by atoms with E-state index in [2.05, 4.69) is 27.4 Å². The quantitative estimate of drug-likeness (QED) is 0.628. The summed E-state index contributed by atoms with van der Waals surface area (Å²) in [5.41, 5.74) is 2.15. The fourth-order valence-corrected chi connectivity index (χ4v) is 3.95. The van der Waals surface area contributed by atoms with Gasteiger partial charge in [0.15, 0.2) is 0 Å². The molecule has 2 aromatic heterocycles. The van der Waals surface area contributed by atoms with E-state index in [0.29, 0.717) is 30.6 Å². The zero-order valence-corrected chi connectivity index (χ0v) is 15.9. The summed E-state index contributed by atoms with van der Waals surface area (Å²) in [5, 5.41) is 3.60. The molecular formula is C20H23N3O2S. The summed E-state index contributed by atoms with van der Waals surface area (Å²) >= 11 is 1.52. The summed E-state index contributed by atoms with van der Waals surface area (Å²) in [6, 6.07) is 10.2. The van der Waals surface area contributed by atoms with Gasteiger partial charge in [-0.15, -0.1) is 11.3 Å². The van der Waals surface area contributed by atoms with Crippen LogP contribution in [-0.4, -0.2) is 22.4 Å². The number of aryl methyl sites for hydroxylation is 4. The lowest BCUT2D eigenvalue weighted by atomic mass is 10.1. The fraction of sp³-hybridized carbons (Fsp3) is 0.350. The summed E-state index contributed by atoms with van der Waals surface area (Å²) in [5.74, 6) is 0.558. The number of nitrogens with zero attached hydrogens (tertiary/aromatic N) is 1. The second kappa shape index (κ2) is 8.27. The van der Waals surface area contributed by atoms with Crippen LogP contribution >= 0.6 is 11.3 Å². The molecule has 0 aliphatic rings. The van der Waals surface area contributed by atoms with E-state index in [0.717, 1.165) is 28.1 Å². The molecule has 26 heavy (non-hydrogen) atoms. The number of rotatable bonds is 7. The van der Waals surface area contributed by atoms with E-state index < -0.39 is 0 Å². The number of nitrogens with one attached hydrogen (secondary N) is 2. The number of fused-ring (bicyclic) bond motifs is 1. The van der Waals surface area contributed by atoms with Crippen LogP contribution in [0.25, 0.3) is 10.2 Å². The molecule has 0 atom stereocenters. The molecule has 3 aromatic rings. The van der Waals surface area contributed by atoms with Gasteiger partial charge in [0, 0.05) is 24.3 Å². The third-order valence-electron chi connectivity index (χ3n) is 4.48. The Balaban J connectivity index is 1.48. The first-order valence-corrected chi connectivity index (χ1v) is 9.66. The van der Waals surface area contributed by atoms with Gasteiger partial charge < -0.3 is 10.3 Å². The minimum Gasteiger partial charge on any atom is -0.356 e. The molecule has 6 heteroatoms. The lowest BCUT2D eigenvalue weighted by Gasteiger charge is -2.05. The van der Waals surface area contributed by atoms with Crippen LogP contribution in [0.15, 0.2) is 35.1 Å². The van der Waals surface area contributed by atoms with E-state index >= 15 is 0 Å². The Kier molecular flexibility index (Phi) is 5.83. The van der Waals surface area contributed by atoms with E-state index in [-0.39, 0.29) is 11.5 Å². The highest BCUT2D eigenvalue weighted by Crippen LogP contribution is 2.25. The molecule has 0 saturated carbocycles. The highest BCUT2D eigenvalue weighted by Gasteiger charge is 2.12. The number of hydrogen-bond donors (Lipinski definition) is 2. The molecule has 136 valence electrons. The smallest absolute Gasteiger partial charge is 0.259 e. The van der Waals surface area contributed by atoms with Crippen LogP contribution in [0.5, 0.6) is 0 Å². The lowest BCUT2D eigenvalue weighted by Crippen LogP contribution is -2.25. The zero-order valence-electron chi connectivity index (χ0n) is 15.1. The van der Waals surface area contributed by atoms with Gasteiger partial charge in [0.2, 0.25) is 5.91 Å². The monoisotopic (exact) mass is 369 g/mol. The van der Waals surface area contributed by atoms with Crippen molar-refractivity contribution in [2.24, 2.45) is 0 Å². The highest BCUT2D eigenvalue weighted by atomic mass is 32.1. The predicted molar refractivity (Wildman–Crippen MR) is 106 cm³/mol. The van der Waals surface area contributed by atoms with Crippen LogP contribution in [0.3, 0.4) is 0 Å². The maximum absolute atomic E-state index is 12.2. The molecular weight excluding hydrogens is 346 g/mol. The van der Waals surface area contributed by atoms with Crippen LogP contribution in [0.2, 0.25) is 0 Å². The first-order valence-electron chi connectivity index (χ1n) is 8.84. The van der Waals surface area contributed by atoms with Crippen molar-refractivity contribution in [2.75, 3.05) is 6.54 Å². The Morgan fingerprint density at radius 3 is 2.73 bits per heavy atom. The zero-order chi connectivity index (χ0) is 18.5. The van der Waals surface area contributed by atoms with Gasteiger partial charge >= 0.3 is 0 Å². The summed E-state index contributed by atoms with van der Waals surface area (Å²) in [6.07, 6.45) is 2.61. The summed E-state index contributed by atoms with van der Waals surface area (Å²) in [6.45, 7) is 4.58. The Morgan fingerprint density at radius 2 is 1.96 bits per heavy atom. The topological polar surface area (TPSA) is 74.8 Å². The number of carbonyl (C=O) groups is 1. The van der Waals surface area contributed by atoms with Gasteiger partial charge in [0.1, 0.15) is 10.7 Å². The van der Waals surface area contributed by atoms with Crippen LogP contribution in [0, 0.1) is 13.8 Å². The average Bonchev–Trinajstić information content (AvgIpc) is 2.92. The van der Waals surface area contributed by atoms with Crippen molar-refractivity contribution in [3.63, 3.8) is 0 Å². The molecule has 1 aromatic carbocycles. The second-order valence-electron chi connectivity index (χ2n) is 6.42. The van der Waals surface area contributed by atoms with Crippen molar-refractivity contribution >= 4 is 27.5 Å². The molecule has 0 aliphatic carbocycles. The maximum atomic E-state index is 12.2. The molecule has 0 bridgehead atoms. The number of H-pyrrole nitrogens is 1. The number of aromatic nitrogens is 2. The summed E-state index contributed by atoms with van der Waals surface area (Å²) in [7, 11) is 0. The molecule has 0 aliphatic heterocycles. The number of amides is 1. The average molecular weight is 369 g/mol. The predicted octanol–water partition coefficient (Wildman–Crippen LogP) is 3.28. The van der Waals surface area contributed by atoms with E-state index in [4.69, 9.17) is 0 Å². The molecule has 0 fully saturated rings. The van der Waals surface area contributed by atoms with Crippen LogP contribution in [-0.2, 0) is 17.6 Å².